The minimum Gasteiger partial charge on any atom is -0.497 e. The van der Waals surface area contributed by atoms with Gasteiger partial charge in [-0.1, -0.05) is 12.1 Å². The van der Waals surface area contributed by atoms with Crippen LogP contribution >= 0.6 is 0 Å². The van der Waals surface area contributed by atoms with E-state index in [4.69, 9.17) is 4.74 Å². The van der Waals surface area contributed by atoms with E-state index in [0.717, 1.165) is 49.4 Å². The van der Waals surface area contributed by atoms with Crippen molar-refractivity contribution in [1.29, 1.82) is 0 Å². The molecule has 4 rings (SSSR count). The van der Waals surface area contributed by atoms with Gasteiger partial charge in [-0.25, -0.2) is 14.5 Å². The van der Waals surface area contributed by atoms with Gasteiger partial charge in [-0.05, 0) is 37.0 Å². The molecule has 3 heterocycles. The van der Waals surface area contributed by atoms with Crippen LogP contribution in [0.1, 0.15) is 36.7 Å². The zero-order valence-electron chi connectivity index (χ0n) is 14.4. The number of hydrogen-bond acceptors (Lipinski definition) is 4. The van der Waals surface area contributed by atoms with Crippen LogP contribution in [-0.2, 0) is 13.0 Å². The molecule has 1 saturated heterocycles. The summed E-state index contributed by atoms with van der Waals surface area (Å²) < 4.78 is 7.11. The number of carbonyl (C=O) groups excluding carboxylic acids is 1. The number of rotatable bonds is 3. The van der Waals surface area contributed by atoms with Gasteiger partial charge in [-0.15, -0.1) is 0 Å². The van der Waals surface area contributed by atoms with E-state index in [1.165, 1.54) is 0 Å². The summed E-state index contributed by atoms with van der Waals surface area (Å²) in [7, 11) is 1.66. The first-order valence-electron chi connectivity index (χ1n) is 8.82. The second kappa shape index (κ2) is 6.74. The molecular weight excluding hydrogens is 318 g/mol. The number of benzene rings is 1. The predicted molar refractivity (Wildman–Crippen MR) is 92.3 cm³/mol. The van der Waals surface area contributed by atoms with Crippen LogP contribution in [0.15, 0.2) is 30.6 Å². The van der Waals surface area contributed by atoms with E-state index in [1.807, 2.05) is 21.7 Å². The fourth-order valence-corrected chi connectivity index (χ4v) is 3.80. The lowest BCUT2D eigenvalue weighted by atomic mass is 10.0. The highest BCUT2D eigenvalue weighted by Gasteiger charge is 2.31. The summed E-state index contributed by atoms with van der Waals surface area (Å²) in [5, 5.41) is 7.41. The maximum absolute atomic E-state index is 12.8. The van der Waals surface area contributed by atoms with Gasteiger partial charge >= 0.3 is 6.03 Å². The van der Waals surface area contributed by atoms with E-state index in [1.54, 1.807) is 13.4 Å². The van der Waals surface area contributed by atoms with Crippen LogP contribution in [0.2, 0.25) is 0 Å². The Labute approximate surface area is 147 Å². The van der Waals surface area contributed by atoms with E-state index in [9.17, 15) is 4.79 Å². The van der Waals surface area contributed by atoms with Crippen LogP contribution < -0.4 is 10.1 Å². The monoisotopic (exact) mass is 341 g/mol. The lowest BCUT2D eigenvalue weighted by molar-refractivity contribution is 0.184. The van der Waals surface area contributed by atoms with E-state index >= 15 is 0 Å². The van der Waals surface area contributed by atoms with Crippen LogP contribution in [0.25, 0.3) is 0 Å². The molecule has 1 aromatic heterocycles. The molecule has 0 aliphatic carbocycles. The molecular formula is C18H23N5O2. The second-order valence-corrected chi connectivity index (χ2v) is 6.67. The molecule has 2 aliphatic rings. The fraction of sp³-hybridized carbons (Fsp3) is 0.500. The molecule has 25 heavy (non-hydrogen) atoms. The molecule has 2 aromatic rings. The average molecular weight is 341 g/mol. The Morgan fingerprint density at radius 1 is 1.28 bits per heavy atom. The number of amides is 2. The largest absolute Gasteiger partial charge is 0.497 e. The standard InChI is InChI=1S/C18H23N5O2/c1-25-15-7-4-13(5-8-15)16-3-2-10-22(16)18(24)21-14-6-9-17-19-12-20-23(17)11-14/h4-5,7-8,12,14,16H,2-3,6,9-11H2,1H3,(H,21,24). The molecule has 1 fully saturated rings. The number of likely N-dealkylation sites (tertiary alicyclic amines) is 1. The smallest absolute Gasteiger partial charge is 0.318 e. The molecule has 0 saturated carbocycles. The summed E-state index contributed by atoms with van der Waals surface area (Å²) in [6.45, 7) is 1.49. The van der Waals surface area contributed by atoms with Gasteiger partial charge in [-0.3, -0.25) is 0 Å². The number of methoxy groups -OCH3 is 1. The van der Waals surface area contributed by atoms with Gasteiger partial charge in [0.25, 0.3) is 0 Å². The van der Waals surface area contributed by atoms with E-state index in [2.05, 4.69) is 27.5 Å². The van der Waals surface area contributed by atoms with Crippen molar-refractivity contribution < 1.29 is 9.53 Å². The van der Waals surface area contributed by atoms with Crippen LogP contribution in [0.3, 0.4) is 0 Å². The molecule has 7 heteroatoms. The maximum Gasteiger partial charge on any atom is 0.318 e. The maximum atomic E-state index is 12.8. The third-order valence-corrected chi connectivity index (χ3v) is 5.15. The summed E-state index contributed by atoms with van der Waals surface area (Å²) in [6.07, 6.45) is 5.37. The van der Waals surface area contributed by atoms with Crippen molar-refractivity contribution in [2.45, 2.75) is 44.3 Å². The van der Waals surface area contributed by atoms with Crippen molar-refractivity contribution >= 4 is 6.03 Å². The van der Waals surface area contributed by atoms with Gasteiger partial charge in [0.15, 0.2) is 0 Å². The summed E-state index contributed by atoms with van der Waals surface area (Å²) >= 11 is 0. The van der Waals surface area contributed by atoms with E-state index in [-0.39, 0.29) is 18.1 Å². The normalized spacial score (nSPS) is 22.5. The van der Waals surface area contributed by atoms with Crippen LogP contribution in [0.5, 0.6) is 5.75 Å². The summed E-state index contributed by atoms with van der Waals surface area (Å²) in [4.78, 5) is 19.0. The Balaban J connectivity index is 1.42. The number of fused-ring (bicyclic) bond motifs is 1. The molecule has 2 amide bonds. The highest BCUT2D eigenvalue weighted by Crippen LogP contribution is 2.32. The molecule has 1 aromatic carbocycles. The zero-order chi connectivity index (χ0) is 17.2. The molecule has 2 atom stereocenters. The van der Waals surface area contributed by atoms with E-state index in [0.29, 0.717) is 6.54 Å². The lowest BCUT2D eigenvalue weighted by Crippen LogP contribution is -2.47. The number of ether oxygens (including phenoxy) is 1. The number of nitrogens with zero attached hydrogens (tertiary/aromatic N) is 4. The quantitative estimate of drug-likeness (QED) is 0.928. The molecule has 0 radical (unpaired) electrons. The zero-order valence-corrected chi connectivity index (χ0v) is 14.4. The van der Waals surface area contributed by atoms with Gasteiger partial charge in [0.1, 0.15) is 17.9 Å². The second-order valence-electron chi connectivity index (χ2n) is 6.67. The van der Waals surface area contributed by atoms with Crippen molar-refractivity contribution in [1.82, 2.24) is 25.0 Å². The van der Waals surface area contributed by atoms with Gasteiger partial charge in [0, 0.05) is 13.0 Å². The van der Waals surface area contributed by atoms with Crippen molar-refractivity contribution in [3.8, 4) is 5.75 Å². The SMILES string of the molecule is COc1ccc(C2CCCN2C(=O)NC2CCc3ncnn3C2)cc1. The lowest BCUT2D eigenvalue weighted by Gasteiger charge is -2.29. The molecule has 2 aliphatic heterocycles. The van der Waals surface area contributed by atoms with Crippen molar-refractivity contribution in [3.05, 3.63) is 42.0 Å². The average Bonchev–Trinajstić information content (AvgIpc) is 3.30. The molecule has 0 bridgehead atoms. The first-order chi connectivity index (χ1) is 12.2. The van der Waals surface area contributed by atoms with Gasteiger partial charge in [-0.2, -0.15) is 5.10 Å². The molecule has 1 N–H and O–H groups in total. The van der Waals surface area contributed by atoms with Crippen LogP contribution in [0.4, 0.5) is 4.79 Å². The topological polar surface area (TPSA) is 72.3 Å². The first-order valence-corrected chi connectivity index (χ1v) is 8.82. The van der Waals surface area contributed by atoms with Gasteiger partial charge < -0.3 is 15.0 Å². The number of carbonyl (C=O) groups is 1. The van der Waals surface area contributed by atoms with Crippen molar-refractivity contribution in [2.24, 2.45) is 0 Å². The van der Waals surface area contributed by atoms with Crippen molar-refractivity contribution in [3.63, 3.8) is 0 Å². The number of nitrogens with one attached hydrogen (secondary N) is 1. The molecule has 132 valence electrons. The molecule has 7 nitrogen and oxygen atoms in total. The predicted octanol–water partition coefficient (Wildman–Crippen LogP) is 2.15. The Morgan fingerprint density at radius 3 is 2.92 bits per heavy atom. The fourth-order valence-electron chi connectivity index (χ4n) is 3.80. The minimum atomic E-state index is 0.0203. The number of urea groups is 1. The van der Waals surface area contributed by atoms with Crippen molar-refractivity contribution in [2.75, 3.05) is 13.7 Å². The highest BCUT2D eigenvalue weighted by molar-refractivity contribution is 5.75. The summed E-state index contributed by atoms with van der Waals surface area (Å²) in [5.74, 6) is 1.84. The van der Waals surface area contributed by atoms with Crippen LogP contribution in [0, 0.1) is 0 Å². The minimum absolute atomic E-state index is 0.0203. The number of aromatic nitrogens is 3. The van der Waals surface area contributed by atoms with E-state index < -0.39 is 0 Å². The Hall–Kier alpha value is -2.57. The third kappa shape index (κ3) is 3.18. The Morgan fingerprint density at radius 2 is 2.12 bits per heavy atom. The molecule has 2 unspecified atom stereocenters. The molecule has 0 spiro atoms. The highest BCUT2D eigenvalue weighted by atomic mass is 16.5. The van der Waals surface area contributed by atoms with Gasteiger partial charge in [0.2, 0.25) is 0 Å². The Bertz CT molecular complexity index is 742. The van der Waals surface area contributed by atoms with Crippen LogP contribution in [-0.4, -0.2) is 45.4 Å². The Kier molecular flexibility index (Phi) is 4.29. The summed E-state index contributed by atoms with van der Waals surface area (Å²) in [6, 6.07) is 8.28. The first kappa shape index (κ1) is 15.9. The number of hydrogen-bond donors (Lipinski definition) is 1. The third-order valence-electron chi connectivity index (χ3n) is 5.15. The summed E-state index contributed by atoms with van der Waals surface area (Å²) in [5.41, 5.74) is 1.16. The van der Waals surface area contributed by atoms with Gasteiger partial charge in [0.05, 0.1) is 25.7 Å². The number of aryl methyl sites for hydroxylation is 1.